The molecule has 0 aromatic heterocycles. The molecule has 2 atom stereocenters. The molecule has 2 unspecified atom stereocenters. The van der Waals surface area contributed by atoms with Crippen LogP contribution < -0.4 is 14.8 Å². The van der Waals surface area contributed by atoms with E-state index in [2.05, 4.69) is 5.32 Å². The van der Waals surface area contributed by atoms with Gasteiger partial charge in [0.25, 0.3) is 0 Å². The monoisotopic (exact) mass is 541 g/mol. The van der Waals surface area contributed by atoms with Crippen LogP contribution in [0.4, 0.5) is 0 Å². The number of carbonyl (C=O) groups excluding carboxylic acids is 2. The SMILES string of the molecule is CCOCCOC(=O)C1=C(C)NC2=C(C(=O)CC(c3ccc(OC)cc3)C2)C1c1cc(Cl)c(O)c(OC)c1. The third-order valence-electron chi connectivity index (χ3n) is 6.90. The summed E-state index contributed by atoms with van der Waals surface area (Å²) in [5.41, 5.74) is 3.70. The third-order valence-corrected chi connectivity index (χ3v) is 7.19. The van der Waals surface area contributed by atoms with Crippen LogP contribution in [0.15, 0.2) is 58.9 Å². The Morgan fingerprint density at radius 1 is 1.08 bits per heavy atom. The van der Waals surface area contributed by atoms with E-state index in [0.29, 0.717) is 35.4 Å². The summed E-state index contributed by atoms with van der Waals surface area (Å²) in [6, 6.07) is 10.9. The fraction of sp³-hybridized carbons (Fsp3) is 0.379. The van der Waals surface area contributed by atoms with E-state index in [1.54, 1.807) is 26.2 Å². The summed E-state index contributed by atoms with van der Waals surface area (Å²) in [6.07, 6.45) is 0.856. The molecule has 0 saturated heterocycles. The number of hydrogen-bond donors (Lipinski definition) is 2. The Bertz CT molecular complexity index is 1280. The average Bonchev–Trinajstić information content (AvgIpc) is 2.91. The number of carbonyl (C=O) groups is 2. The van der Waals surface area contributed by atoms with Crippen LogP contribution in [-0.2, 0) is 19.1 Å². The Morgan fingerprint density at radius 2 is 1.82 bits per heavy atom. The van der Waals surface area contributed by atoms with E-state index in [0.717, 1.165) is 17.0 Å². The van der Waals surface area contributed by atoms with Gasteiger partial charge in [-0.05, 0) is 61.6 Å². The molecule has 2 N–H and O–H groups in total. The maximum atomic E-state index is 13.8. The molecule has 4 rings (SSSR count). The van der Waals surface area contributed by atoms with Crippen molar-refractivity contribution in [2.24, 2.45) is 0 Å². The first-order chi connectivity index (χ1) is 18.3. The predicted octanol–water partition coefficient (Wildman–Crippen LogP) is 5.00. The second-order valence-corrected chi connectivity index (χ2v) is 9.58. The van der Waals surface area contributed by atoms with Crippen molar-refractivity contribution in [3.8, 4) is 17.2 Å². The van der Waals surface area contributed by atoms with Gasteiger partial charge in [-0.15, -0.1) is 0 Å². The van der Waals surface area contributed by atoms with Gasteiger partial charge in [-0.1, -0.05) is 23.7 Å². The Morgan fingerprint density at radius 3 is 2.47 bits per heavy atom. The molecule has 0 bridgehead atoms. The Kier molecular flexibility index (Phi) is 8.64. The van der Waals surface area contributed by atoms with Gasteiger partial charge in [0.2, 0.25) is 0 Å². The van der Waals surface area contributed by atoms with Gasteiger partial charge < -0.3 is 29.4 Å². The number of esters is 1. The zero-order valence-corrected chi connectivity index (χ0v) is 22.7. The van der Waals surface area contributed by atoms with E-state index in [1.807, 2.05) is 31.2 Å². The molecular formula is C29H32ClNO7. The molecule has 8 nitrogen and oxygen atoms in total. The smallest absolute Gasteiger partial charge is 0.336 e. The number of nitrogens with one attached hydrogen (secondary N) is 1. The standard InChI is InChI=1S/C29H32ClNO7/c1-5-37-10-11-38-29(34)25-16(2)31-22-13-18(17-6-8-20(35-3)9-7-17)14-23(32)27(22)26(25)19-12-21(30)28(33)24(15-19)36-4/h6-9,12,15,18,26,31,33H,5,10-11,13-14H2,1-4H3. The van der Waals surface area contributed by atoms with Crippen LogP contribution in [0, 0.1) is 0 Å². The van der Waals surface area contributed by atoms with Crippen LogP contribution in [0.5, 0.6) is 17.2 Å². The largest absolute Gasteiger partial charge is 0.503 e. The average molecular weight is 542 g/mol. The number of phenols is 1. The number of hydrogen-bond acceptors (Lipinski definition) is 8. The fourth-order valence-electron chi connectivity index (χ4n) is 5.09. The van der Waals surface area contributed by atoms with Gasteiger partial charge in [-0.2, -0.15) is 0 Å². The number of dihydropyridines is 1. The number of halogens is 1. The minimum absolute atomic E-state index is 0.0363. The lowest BCUT2D eigenvalue weighted by atomic mass is 9.71. The number of aromatic hydroxyl groups is 1. The molecule has 202 valence electrons. The van der Waals surface area contributed by atoms with Crippen molar-refractivity contribution in [2.75, 3.05) is 34.0 Å². The second-order valence-electron chi connectivity index (χ2n) is 9.18. The molecule has 0 amide bonds. The molecule has 0 spiro atoms. The molecule has 2 aliphatic rings. The van der Waals surface area contributed by atoms with Crippen LogP contribution in [-0.4, -0.2) is 50.9 Å². The Balaban J connectivity index is 1.76. The highest BCUT2D eigenvalue weighted by atomic mass is 35.5. The highest BCUT2D eigenvalue weighted by molar-refractivity contribution is 6.32. The van der Waals surface area contributed by atoms with Crippen molar-refractivity contribution in [2.45, 2.75) is 38.5 Å². The van der Waals surface area contributed by atoms with E-state index in [4.69, 9.17) is 30.5 Å². The Hall–Kier alpha value is -3.49. The topological polar surface area (TPSA) is 103 Å². The maximum absolute atomic E-state index is 13.8. The number of allylic oxidation sites excluding steroid dienone is 3. The van der Waals surface area contributed by atoms with E-state index in [9.17, 15) is 14.7 Å². The fourth-order valence-corrected chi connectivity index (χ4v) is 5.31. The number of methoxy groups -OCH3 is 2. The zero-order valence-electron chi connectivity index (χ0n) is 21.9. The highest BCUT2D eigenvalue weighted by Crippen LogP contribution is 2.48. The first-order valence-corrected chi connectivity index (χ1v) is 12.9. The number of phenolic OH excluding ortho intramolecular Hbond substituents is 1. The van der Waals surface area contributed by atoms with Crippen molar-refractivity contribution in [3.63, 3.8) is 0 Å². The molecule has 1 heterocycles. The first-order valence-electron chi connectivity index (χ1n) is 12.5. The summed E-state index contributed by atoms with van der Waals surface area (Å²) in [7, 11) is 3.03. The van der Waals surface area contributed by atoms with Gasteiger partial charge in [0, 0.05) is 35.9 Å². The second kappa shape index (κ2) is 11.9. The molecule has 2 aromatic carbocycles. The summed E-state index contributed by atoms with van der Waals surface area (Å²) < 4.78 is 21.4. The first kappa shape index (κ1) is 27.5. The van der Waals surface area contributed by atoms with Gasteiger partial charge in [-0.3, -0.25) is 4.79 Å². The number of rotatable bonds is 9. The summed E-state index contributed by atoms with van der Waals surface area (Å²) in [4.78, 5) is 27.1. The van der Waals surface area contributed by atoms with Crippen LogP contribution >= 0.6 is 11.6 Å². The minimum Gasteiger partial charge on any atom is -0.503 e. The molecule has 38 heavy (non-hydrogen) atoms. The molecule has 2 aromatic rings. The predicted molar refractivity (Wildman–Crippen MR) is 143 cm³/mol. The number of Topliss-reactive ketones (excluding diaryl/α,β-unsaturated/α-hetero) is 1. The lowest BCUT2D eigenvalue weighted by molar-refractivity contribution is -0.140. The number of ketones is 1. The molecule has 0 saturated carbocycles. The van der Waals surface area contributed by atoms with E-state index in [-0.39, 0.29) is 47.9 Å². The molecular weight excluding hydrogens is 510 g/mol. The minimum atomic E-state index is -0.748. The van der Waals surface area contributed by atoms with Crippen LogP contribution in [0.2, 0.25) is 5.02 Å². The normalized spacial score (nSPS) is 19.1. The molecule has 0 radical (unpaired) electrons. The molecule has 0 fully saturated rings. The molecule has 1 aliphatic heterocycles. The summed E-state index contributed by atoms with van der Waals surface area (Å²) in [6.45, 7) is 4.50. The van der Waals surface area contributed by atoms with Crippen molar-refractivity contribution in [1.82, 2.24) is 5.32 Å². The van der Waals surface area contributed by atoms with Crippen LogP contribution in [0.1, 0.15) is 49.7 Å². The molecule has 9 heteroatoms. The van der Waals surface area contributed by atoms with E-state index in [1.165, 1.54) is 7.11 Å². The van der Waals surface area contributed by atoms with E-state index >= 15 is 0 Å². The lowest BCUT2D eigenvalue weighted by Crippen LogP contribution is -2.36. The number of benzene rings is 2. The summed E-state index contributed by atoms with van der Waals surface area (Å²) in [5.74, 6) is -0.741. The Labute approximate surface area is 227 Å². The van der Waals surface area contributed by atoms with Gasteiger partial charge in [-0.25, -0.2) is 4.79 Å². The van der Waals surface area contributed by atoms with Gasteiger partial charge in [0.15, 0.2) is 17.3 Å². The molecule has 1 aliphatic carbocycles. The third kappa shape index (κ3) is 5.51. The quantitative estimate of drug-likeness (QED) is 0.337. The van der Waals surface area contributed by atoms with Crippen LogP contribution in [0.3, 0.4) is 0 Å². The van der Waals surface area contributed by atoms with Gasteiger partial charge >= 0.3 is 5.97 Å². The highest BCUT2D eigenvalue weighted by Gasteiger charge is 2.42. The van der Waals surface area contributed by atoms with E-state index < -0.39 is 11.9 Å². The van der Waals surface area contributed by atoms with Crippen molar-refractivity contribution in [3.05, 3.63) is 75.1 Å². The van der Waals surface area contributed by atoms with Gasteiger partial charge in [0.05, 0.1) is 31.4 Å². The van der Waals surface area contributed by atoms with Crippen LogP contribution in [0.25, 0.3) is 0 Å². The lowest BCUT2D eigenvalue weighted by Gasteiger charge is -2.37. The van der Waals surface area contributed by atoms with Crippen molar-refractivity contribution in [1.29, 1.82) is 0 Å². The maximum Gasteiger partial charge on any atom is 0.336 e. The summed E-state index contributed by atoms with van der Waals surface area (Å²) >= 11 is 6.33. The van der Waals surface area contributed by atoms with Gasteiger partial charge in [0.1, 0.15) is 12.4 Å². The van der Waals surface area contributed by atoms with Crippen molar-refractivity contribution >= 4 is 23.4 Å². The van der Waals surface area contributed by atoms with Crippen molar-refractivity contribution < 1.29 is 33.6 Å². The zero-order chi connectivity index (χ0) is 27.4. The summed E-state index contributed by atoms with van der Waals surface area (Å²) in [5, 5.41) is 13.7. The number of ether oxygens (including phenoxy) is 4.